The lowest BCUT2D eigenvalue weighted by Gasteiger charge is -2.37. The van der Waals surface area contributed by atoms with Gasteiger partial charge in [0, 0.05) is 37.6 Å². The number of ether oxygens (including phenoxy) is 2. The van der Waals surface area contributed by atoms with Crippen LogP contribution >= 0.6 is 0 Å². The van der Waals surface area contributed by atoms with Crippen molar-refractivity contribution in [2.24, 2.45) is 0 Å². The standard InChI is InChI=1S/C40H40N12O2/c1-3-7-35(8-4-1)51(49-21-25-53-26-22-49)39-43-29-41-37(47-39)45-33-17-13-31(14-18-33)11-12-32-15-19-34(20-16-32)46-38-42-30-44-40(48-38)52(36-9-5-2-6-10-36)50-23-27-54-28-24-50/h1-20,29-30H,21-28H2,(H,41,43,45,47)(H,42,44,46,48). The SMILES string of the molecule is C(=Cc1ccc(Nc2ncnc(N(c3ccccc3)N3CCOCC3)n2)cc1)c1ccc(Nc2ncnc(N(c3ccccc3)N3CCOCC3)n2)cc1. The highest BCUT2D eigenvalue weighted by molar-refractivity contribution is 5.72. The predicted octanol–water partition coefficient (Wildman–Crippen LogP) is 6.48. The van der Waals surface area contributed by atoms with Crippen LogP contribution in [0.1, 0.15) is 11.1 Å². The lowest BCUT2D eigenvalue weighted by molar-refractivity contribution is 0.0371. The third-order valence-corrected chi connectivity index (χ3v) is 8.84. The van der Waals surface area contributed by atoms with Crippen molar-refractivity contribution in [1.29, 1.82) is 0 Å². The van der Waals surface area contributed by atoms with Gasteiger partial charge in [0.05, 0.1) is 37.8 Å². The van der Waals surface area contributed by atoms with Crippen LogP contribution in [0.5, 0.6) is 0 Å². The molecule has 0 unspecified atom stereocenters. The summed E-state index contributed by atoms with van der Waals surface area (Å²) in [6, 6.07) is 36.4. The summed E-state index contributed by atoms with van der Waals surface area (Å²) >= 11 is 0. The zero-order valence-corrected chi connectivity index (χ0v) is 29.6. The number of hydrogen-bond acceptors (Lipinski definition) is 14. The second-order valence-corrected chi connectivity index (χ2v) is 12.5. The summed E-state index contributed by atoms with van der Waals surface area (Å²) in [6.07, 6.45) is 7.23. The molecule has 4 aromatic carbocycles. The molecular formula is C40H40N12O2. The molecule has 8 rings (SSSR count). The molecule has 0 spiro atoms. The minimum Gasteiger partial charge on any atom is -0.379 e. The minimum atomic E-state index is 0.463. The normalized spacial score (nSPS) is 15.2. The highest BCUT2D eigenvalue weighted by atomic mass is 16.5. The topological polar surface area (TPSA) is 133 Å². The average Bonchev–Trinajstić information content (AvgIpc) is 3.23. The molecule has 2 fully saturated rings. The maximum atomic E-state index is 5.58. The number of morpholine rings is 2. The molecule has 6 aromatic rings. The number of nitrogens with zero attached hydrogens (tertiary/aromatic N) is 10. The summed E-state index contributed by atoms with van der Waals surface area (Å²) in [4.78, 5) is 27.3. The first-order valence-electron chi connectivity index (χ1n) is 17.9. The van der Waals surface area contributed by atoms with E-state index in [1.54, 1.807) is 0 Å². The van der Waals surface area contributed by atoms with E-state index in [0.29, 0.717) is 50.2 Å². The summed E-state index contributed by atoms with van der Waals surface area (Å²) in [5.74, 6) is 2.01. The first-order valence-corrected chi connectivity index (χ1v) is 17.9. The van der Waals surface area contributed by atoms with Crippen LogP contribution < -0.4 is 20.7 Å². The number of benzene rings is 4. The fourth-order valence-electron chi connectivity index (χ4n) is 6.16. The number of para-hydroxylation sites is 2. The van der Waals surface area contributed by atoms with E-state index in [-0.39, 0.29) is 0 Å². The zero-order chi connectivity index (χ0) is 36.4. The highest BCUT2D eigenvalue weighted by Crippen LogP contribution is 2.28. The van der Waals surface area contributed by atoms with Crippen molar-refractivity contribution < 1.29 is 9.47 Å². The molecule has 54 heavy (non-hydrogen) atoms. The number of nitrogens with one attached hydrogen (secondary N) is 2. The Bertz CT molecular complexity index is 1960. The monoisotopic (exact) mass is 720 g/mol. The first kappa shape index (κ1) is 34.7. The maximum absolute atomic E-state index is 5.58. The summed E-state index contributed by atoms with van der Waals surface area (Å²) < 4.78 is 11.2. The Balaban J connectivity index is 0.901. The van der Waals surface area contributed by atoms with Crippen molar-refractivity contribution in [3.05, 3.63) is 133 Å². The molecule has 0 atom stereocenters. The van der Waals surface area contributed by atoms with E-state index in [9.17, 15) is 0 Å². The van der Waals surface area contributed by atoms with Gasteiger partial charge in [-0.3, -0.25) is 0 Å². The zero-order valence-electron chi connectivity index (χ0n) is 29.6. The molecule has 0 bridgehead atoms. The van der Waals surface area contributed by atoms with Gasteiger partial charge in [-0.25, -0.2) is 30.0 Å². The lowest BCUT2D eigenvalue weighted by Crippen LogP contribution is -2.47. The molecule has 0 saturated carbocycles. The quantitative estimate of drug-likeness (QED) is 0.134. The molecule has 0 radical (unpaired) electrons. The number of hydrogen-bond donors (Lipinski definition) is 2. The van der Waals surface area contributed by atoms with Crippen molar-refractivity contribution in [2.45, 2.75) is 0 Å². The van der Waals surface area contributed by atoms with E-state index in [0.717, 1.165) is 60.1 Å². The molecule has 0 amide bonds. The van der Waals surface area contributed by atoms with Gasteiger partial charge in [-0.2, -0.15) is 19.9 Å². The number of aromatic nitrogens is 6. The van der Waals surface area contributed by atoms with Crippen LogP contribution in [-0.4, -0.2) is 92.5 Å². The maximum Gasteiger partial charge on any atom is 0.249 e. The second kappa shape index (κ2) is 17.0. The van der Waals surface area contributed by atoms with E-state index >= 15 is 0 Å². The molecule has 14 heteroatoms. The fraction of sp³-hybridized carbons (Fsp3) is 0.200. The van der Waals surface area contributed by atoms with Gasteiger partial charge >= 0.3 is 0 Å². The van der Waals surface area contributed by atoms with Gasteiger partial charge < -0.3 is 20.1 Å². The van der Waals surface area contributed by atoms with Crippen molar-refractivity contribution in [3.63, 3.8) is 0 Å². The number of rotatable bonds is 12. The molecule has 272 valence electrons. The molecule has 14 nitrogen and oxygen atoms in total. The molecular weight excluding hydrogens is 681 g/mol. The van der Waals surface area contributed by atoms with Crippen LogP contribution in [0.4, 0.5) is 46.5 Å². The molecule has 2 N–H and O–H groups in total. The second-order valence-electron chi connectivity index (χ2n) is 12.5. The van der Waals surface area contributed by atoms with Gasteiger partial charge in [0.15, 0.2) is 0 Å². The van der Waals surface area contributed by atoms with Gasteiger partial charge in [0.1, 0.15) is 12.7 Å². The van der Waals surface area contributed by atoms with Gasteiger partial charge in [-0.05, 0) is 59.7 Å². The molecule has 2 saturated heterocycles. The van der Waals surface area contributed by atoms with E-state index in [2.05, 4.69) is 77.0 Å². The minimum absolute atomic E-state index is 0.463. The average molecular weight is 721 g/mol. The lowest BCUT2D eigenvalue weighted by atomic mass is 10.1. The predicted molar refractivity (Wildman–Crippen MR) is 210 cm³/mol. The van der Waals surface area contributed by atoms with Crippen LogP contribution in [0.3, 0.4) is 0 Å². The molecule has 0 aliphatic carbocycles. The number of hydrazine groups is 2. The molecule has 2 aromatic heterocycles. The largest absolute Gasteiger partial charge is 0.379 e. The summed E-state index contributed by atoms with van der Waals surface area (Å²) in [6.45, 7) is 5.56. The Labute approximate surface area is 313 Å². The Kier molecular flexibility index (Phi) is 10.9. The van der Waals surface area contributed by atoms with Gasteiger partial charge in [-0.1, -0.05) is 72.8 Å². The summed E-state index contributed by atoms with van der Waals surface area (Å²) in [5, 5.41) is 15.1. The van der Waals surface area contributed by atoms with Crippen LogP contribution in [0, 0.1) is 0 Å². The van der Waals surface area contributed by atoms with Crippen LogP contribution in [0.15, 0.2) is 122 Å². The van der Waals surface area contributed by atoms with E-state index in [1.807, 2.05) is 94.9 Å². The third-order valence-electron chi connectivity index (χ3n) is 8.84. The van der Waals surface area contributed by atoms with E-state index < -0.39 is 0 Å². The summed E-state index contributed by atoms with van der Waals surface area (Å²) in [5.41, 5.74) is 5.81. The van der Waals surface area contributed by atoms with Crippen molar-refractivity contribution in [3.8, 4) is 0 Å². The summed E-state index contributed by atoms with van der Waals surface area (Å²) in [7, 11) is 0. The third kappa shape index (κ3) is 8.65. The smallest absolute Gasteiger partial charge is 0.249 e. The van der Waals surface area contributed by atoms with Crippen LogP contribution in [0.25, 0.3) is 12.2 Å². The van der Waals surface area contributed by atoms with Gasteiger partial charge in [-0.15, -0.1) is 0 Å². The molecule has 4 heterocycles. The highest BCUT2D eigenvalue weighted by Gasteiger charge is 2.25. The van der Waals surface area contributed by atoms with Crippen LogP contribution in [0.2, 0.25) is 0 Å². The fourth-order valence-corrected chi connectivity index (χ4v) is 6.16. The first-order chi connectivity index (χ1) is 26.7. The van der Waals surface area contributed by atoms with Crippen LogP contribution in [-0.2, 0) is 9.47 Å². The van der Waals surface area contributed by atoms with Gasteiger partial charge in [0.2, 0.25) is 23.8 Å². The van der Waals surface area contributed by atoms with Crippen molar-refractivity contribution in [2.75, 3.05) is 73.3 Å². The Hall–Kier alpha value is -6.32. The van der Waals surface area contributed by atoms with Crippen molar-refractivity contribution in [1.82, 2.24) is 39.9 Å². The Morgan fingerprint density at radius 1 is 0.481 bits per heavy atom. The van der Waals surface area contributed by atoms with E-state index in [1.165, 1.54) is 12.7 Å². The van der Waals surface area contributed by atoms with E-state index in [4.69, 9.17) is 19.4 Å². The Morgan fingerprint density at radius 3 is 1.26 bits per heavy atom. The van der Waals surface area contributed by atoms with Gasteiger partial charge in [0.25, 0.3) is 0 Å². The number of anilines is 8. The molecule has 2 aliphatic heterocycles. The van der Waals surface area contributed by atoms with Crippen molar-refractivity contribution >= 4 is 58.7 Å². The molecule has 2 aliphatic rings. The Morgan fingerprint density at radius 2 is 0.870 bits per heavy atom.